The number of carbonyl (C=O) groups excluding carboxylic acids is 2. The summed E-state index contributed by atoms with van der Waals surface area (Å²) < 4.78 is 4.78. The minimum atomic E-state index is -0.423. The SMILES string of the molecule is COC(=O)[C@@H]1CCCN1C(=O)Cc1c[nH]c2ccccc12. The average molecular weight is 286 g/mol. The number of likely N-dealkylation sites (tertiary alicyclic amines) is 1. The van der Waals surface area contributed by atoms with Crippen molar-refractivity contribution in [2.24, 2.45) is 0 Å². The third-order valence-electron chi connectivity index (χ3n) is 4.06. The fourth-order valence-electron chi connectivity index (χ4n) is 2.99. The molecule has 1 N–H and O–H groups in total. The van der Waals surface area contributed by atoms with Crippen LogP contribution in [0.2, 0.25) is 0 Å². The second-order valence-corrected chi connectivity index (χ2v) is 5.30. The molecule has 0 unspecified atom stereocenters. The molecule has 21 heavy (non-hydrogen) atoms. The highest BCUT2D eigenvalue weighted by Gasteiger charge is 2.34. The first-order valence-electron chi connectivity index (χ1n) is 7.13. The number of nitrogens with zero attached hydrogens (tertiary/aromatic N) is 1. The fourth-order valence-corrected chi connectivity index (χ4v) is 2.99. The van der Waals surface area contributed by atoms with Gasteiger partial charge in [0, 0.05) is 23.6 Å². The van der Waals surface area contributed by atoms with Gasteiger partial charge >= 0.3 is 5.97 Å². The molecule has 2 heterocycles. The van der Waals surface area contributed by atoms with Crippen LogP contribution in [0.3, 0.4) is 0 Å². The number of aromatic nitrogens is 1. The largest absolute Gasteiger partial charge is 0.467 e. The fraction of sp³-hybridized carbons (Fsp3) is 0.375. The Morgan fingerprint density at radius 1 is 1.38 bits per heavy atom. The summed E-state index contributed by atoms with van der Waals surface area (Å²) in [6.45, 7) is 0.626. The second-order valence-electron chi connectivity index (χ2n) is 5.30. The third-order valence-corrected chi connectivity index (χ3v) is 4.06. The number of carbonyl (C=O) groups is 2. The van der Waals surface area contributed by atoms with Crippen molar-refractivity contribution in [2.75, 3.05) is 13.7 Å². The number of ether oxygens (including phenoxy) is 1. The van der Waals surface area contributed by atoms with Gasteiger partial charge in [-0.05, 0) is 24.5 Å². The number of fused-ring (bicyclic) bond motifs is 1. The van der Waals surface area contributed by atoms with Crippen LogP contribution < -0.4 is 0 Å². The van der Waals surface area contributed by atoms with E-state index in [2.05, 4.69) is 4.98 Å². The van der Waals surface area contributed by atoms with Gasteiger partial charge < -0.3 is 14.6 Å². The number of hydrogen-bond acceptors (Lipinski definition) is 3. The van der Waals surface area contributed by atoms with Gasteiger partial charge in [-0.3, -0.25) is 4.79 Å². The molecule has 2 aromatic rings. The van der Waals surface area contributed by atoms with E-state index in [1.54, 1.807) is 4.90 Å². The zero-order valence-corrected chi connectivity index (χ0v) is 12.0. The molecule has 0 aliphatic carbocycles. The summed E-state index contributed by atoms with van der Waals surface area (Å²) in [6.07, 6.45) is 3.70. The molecule has 0 spiro atoms. The van der Waals surface area contributed by atoms with Crippen LogP contribution in [0.1, 0.15) is 18.4 Å². The van der Waals surface area contributed by atoms with Crippen molar-refractivity contribution in [2.45, 2.75) is 25.3 Å². The average Bonchev–Trinajstić information content (AvgIpc) is 3.14. The van der Waals surface area contributed by atoms with Crippen LogP contribution in [-0.4, -0.2) is 41.5 Å². The predicted molar refractivity (Wildman–Crippen MR) is 78.8 cm³/mol. The van der Waals surface area contributed by atoms with Crippen LogP contribution >= 0.6 is 0 Å². The number of rotatable bonds is 3. The lowest BCUT2D eigenvalue weighted by molar-refractivity contribution is -0.150. The molecule has 1 aliphatic heterocycles. The Bertz CT molecular complexity index is 677. The lowest BCUT2D eigenvalue weighted by atomic mass is 10.1. The maximum Gasteiger partial charge on any atom is 0.328 e. The molecule has 1 fully saturated rings. The van der Waals surface area contributed by atoms with Crippen molar-refractivity contribution in [1.82, 2.24) is 9.88 Å². The molecule has 3 rings (SSSR count). The Labute approximate surface area is 122 Å². The van der Waals surface area contributed by atoms with Crippen molar-refractivity contribution in [3.63, 3.8) is 0 Å². The van der Waals surface area contributed by atoms with E-state index in [0.717, 1.165) is 22.9 Å². The molecule has 1 aliphatic rings. The van der Waals surface area contributed by atoms with Crippen molar-refractivity contribution in [3.05, 3.63) is 36.0 Å². The van der Waals surface area contributed by atoms with Gasteiger partial charge in [0.2, 0.25) is 5.91 Å². The molecule has 0 saturated carbocycles. The van der Waals surface area contributed by atoms with Crippen LogP contribution in [0.4, 0.5) is 0 Å². The third kappa shape index (κ3) is 2.51. The number of amides is 1. The predicted octanol–water partition coefficient (Wildman–Crippen LogP) is 1.87. The van der Waals surface area contributed by atoms with E-state index in [4.69, 9.17) is 4.74 Å². The summed E-state index contributed by atoms with van der Waals surface area (Å²) >= 11 is 0. The molecule has 110 valence electrons. The summed E-state index contributed by atoms with van der Waals surface area (Å²) in [5.41, 5.74) is 1.98. The van der Waals surface area contributed by atoms with E-state index in [0.29, 0.717) is 19.4 Å². The van der Waals surface area contributed by atoms with Crippen molar-refractivity contribution in [1.29, 1.82) is 0 Å². The van der Waals surface area contributed by atoms with E-state index in [9.17, 15) is 9.59 Å². The standard InChI is InChI=1S/C16H18N2O3/c1-21-16(20)14-7-4-8-18(14)15(19)9-11-10-17-13-6-3-2-5-12(11)13/h2-3,5-6,10,14,17H,4,7-9H2,1H3/t14-/m0/s1. The Balaban J connectivity index is 1.78. The summed E-state index contributed by atoms with van der Waals surface area (Å²) in [5.74, 6) is -0.340. The van der Waals surface area contributed by atoms with Gasteiger partial charge in [0.25, 0.3) is 0 Å². The minimum Gasteiger partial charge on any atom is -0.467 e. The van der Waals surface area contributed by atoms with Crippen LogP contribution in [-0.2, 0) is 20.7 Å². The lowest BCUT2D eigenvalue weighted by Crippen LogP contribution is -2.41. The van der Waals surface area contributed by atoms with Gasteiger partial charge in [-0.1, -0.05) is 18.2 Å². The zero-order valence-electron chi connectivity index (χ0n) is 12.0. The molecule has 0 radical (unpaired) electrons. The number of para-hydroxylation sites is 1. The number of benzene rings is 1. The van der Waals surface area contributed by atoms with Crippen LogP contribution in [0, 0.1) is 0 Å². The first-order valence-corrected chi connectivity index (χ1v) is 7.13. The van der Waals surface area contributed by atoms with E-state index < -0.39 is 6.04 Å². The van der Waals surface area contributed by atoms with E-state index in [-0.39, 0.29) is 11.9 Å². The first-order chi connectivity index (χ1) is 10.2. The van der Waals surface area contributed by atoms with Crippen LogP contribution in [0.15, 0.2) is 30.5 Å². The second kappa shape index (κ2) is 5.60. The van der Waals surface area contributed by atoms with Gasteiger partial charge in [-0.15, -0.1) is 0 Å². The highest BCUT2D eigenvalue weighted by atomic mass is 16.5. The van der Waals surface area contributed by atoms with Gasteiger partial charge in [0.15, 0.2) is 0 Å². The van der Waals surface area contributed by atoms with Crippen molar-refractivity contribution < 1.29 is 14.3 Å². The van der Waals surface area contributed by atoms with E-state index in [1.165, 1.54) is 7.11 Å². The van der Waals surface area contributed by atoms with E-state index in [1.807, 2.05) is 30.5 Å². The van der Waals surface area contributed by atoms with Crippen molar-refractivity contribution >= 4 is 22.8 Å². The lowest BCUT2D eigenvalue weighted by Gasteiger charge is -2.22. The van der Waals surface area contributed by atoms with Crippen molar-refractivity contribution in [3.8, 4) is 0 Å². The Morgan fingerprint density at radius 2 is 2.19 bits per heavy atom. The van der Waals surface area contributed by atoms with Gasteiger partial charge in [-0.2, -0.15) is 0 Å². The molecule has 1 atom stereocenters. The molecule has 1 aromatic carbocycles. The van der Waals surface area contributed by atoms with Crippen LogP contribution in [0.25, 0.3) is 10.9 Å². The number of methoxy groups -OCH3 is 1. The van der Waals surface area contributed by atoms with Gasteiger partial charge in [-0.25, -0.2) is 4.79 Å². The molecular formula is C16H18N2O3. The number of nitrogens with one attached hydrogen (secondary N) is 1. The molecule has 5 nitrogen and oxygen atoms in total. The maximum absolute atomic E-state index is 12.5. The topological polar surface area (TPSA) is 62.4 Å². The molecule has 1 amide bonds. The smallest absolute Gasteiger partial charge is 0.328 e. The number of hydrogen-bond donors (Lipinski definition) is 1. The quantitative estimate of drug-likeness (QED) is 0.876. The number of esters is 1. The highest BCUT2D eigenvalue weighted by Crippen LogP contribution is 2.22. The zero-order chi connectivity index (χ0) is 14.8. The summed E-state index contributed by atoms with van der Waals surface area (Å²) in [4.78, 5) is 29.0. The Morgan fingerprint density at radius 3 is 3.00 bits per heavy atom. The first kappa shape index (κ1) is 13.7. The summed E-state index contributed by atoms with van der Waals surface area (Å²) in [5, 5.41) is 1.06. The molecule has 1 aromatic heterocycles. The number of H-pyrrole nitrogens is 1. The normalized spacial score (nSPS) is 18.1. The van der Waals surface area contributed by atoms with Gasteiger partial charge in [0.1, 0.15) is 6.04 Å². The van der Waals surface area contributed by atoms with Gasteiger partial charge in [0.05, 0.1) is 13.5 Å². The Kier molecular flexibility index (Phi) is 3.64. The molecule has 0 bridgehead atoms. The molecule has 5 heteroatoms. The summed E-state index contributed by atoms with van der Waals surface area (Å²) in [6, 6.07) is 7.47. The van der Waals surface area contributed by atoms with E-state index >= 15 is 0 Å². The number of aromatic amines is 1. The highest BCUT2D eigenvalue weighted by molar-refractivity contribution is 5.91. The Hall–Kier alpha value is -2.30. The molecular weight excluding hydrogens is 268 g/mol. The minimum absolute atomic E-state index is 0.0207. The monoisotopic (exact) mass is 286 g/mol. The molecule has 1 saturated heterocycles. The summed E-state index contributed by atoms with van der Waals surface area (Å²) in [7, 11) is 1.36. The maximum atomic E-state index is 12.5. The van der Waals surface area contributed by atoms with Crippen LogP contribution in [0.5, 0.6) is 0 Å².